The van der Waals surface area contributed by atoms with Gasteiger partial charge in [-0.05, 0) is 19.9 Å². The highest BCUT2D eigenvalue weighted by Gasteiger charge is 2.12. The van der Waals surface area contributed by atoms with E-state index in [9.17, 15) is 0 Å². The number of morpholine rings is 1. The van der Waals surface area contributed by atoms with E-state index in [1.54, 1.807) is 11.3 Å². The Morgan fingerprint density at radius 2 is 2.62 bits per heavy atom. The van der Waals surface area contributed by atoms with Crippen molar-refractivity contribution in [2.24, 2.45) is 0 Å². The number of nitrogens with zero attached hydrogens (tertiary/aromatic N) is 1. The van der Waals surface area contributed by atoms with Crippen LogP contribution in [-0.2, 0) is 11.3 Å². The predicted octanol–water partition coefficient (Wildman–Crippen LogP) is 0.920. The Hall–Kier alpha value is -0.490. The van der Waals surface area contributed by atoms with E-state index in [0.717, 1.165) is 49.9 Å². The van der Waals surface area contributed by atoms with Crippen LogP contribution in [0.25, 0.3) is 0 Å². The summed E-state index contributed by atoms with van der Waals surface area (Å²) < 4.78 is 5.62. The van der Waals surface area contributed by atoms with Crippen LogP contribution in [0.3, 0.4) is 0 Å². The summed E-state index contributed by atoms with van der Waals surface area (Å²) in [6, 6.07) is 0. The van der Waals surface area contributed by atoms with E-state index in [1.165, 1.54) is 0 Å². The molecule has 0 aromatic carbocycles. The molecule has 0 spiro atoms. The molecule has 1 fully saturated rings. The molecule has 5 heteroatoms. The van der Waals surface area contributed by atoms with Gasteiger partial charge >= 0.3 is 0 Å². The zero-order valence-corrected chi connectivity index (χ0v) is 10.5. The maximum atomic E-state index is 5.62. The summed E-state index contributed by atoms with van der Waals surface area (Å²) in [6.07, 6.45) is 1.44. The van der Waals surface area contributed by atoms with Crippen LogP contribution in [0.4, 0.5) is 0 Å². The van der Waals surface area contributed by atoms with Gasteiger partial charge in [-0.1, -0.05) is 0 Å². The lowest BCUT2D eigenvalue weighted by Gasteiger charge is -2.23. The molecule has 4 nitrogen and oxygen atoms in total. The van der Waals surface area contributed by atoms with Gasteiger partial charge in [0.2, 0.25) is 0 Å². The zero-order valence-electron chi connectivity index (χ0n) is 9.66. The van der Waals surface area contributed by atoms with Crippen LogP contribution in [0, 0.1) is 6.92 Å². The molecule has 0 bridgehead atoms. The minimum atomic E-state index is 0.374. The van der Waals surface area contributed by atoms with Crippen molar-refractivity contribution in [2.75, 3.05) is 26.2 Å². The molecule has 0 aliphatic carbocycles. The number of hydrogen-bond donors (Lipinski definition) is 2. The fourth-order valence-electron chi connectivity index (χ4n) is 1.77. The van der Waals surface area contributed by atoms with Crippen molar-refractivity contribution in [3.05, 3.63) is 16.1 Å². The molecule has 1 aliphatic heterocycles. The van der Waals surface area contributed by atoms with E-state index in [1.807, 2.05) is 6.92 Å². The third kappa shape index (κ3) is 3.83. The Balaban J connectivity index is 1.57. The van der Waals surface area contributed by atoms with Crippen molar-refractivity contribution >= 4 is 11.3 Å². The molecule has 1 aliphatic rings. The van der Waals surface area contributed by atoms with E-state index in [4.69, 9.17) is 4.74 Å². The average molecular weight is 241 g/mol. The lowest BCUT2D eigenvalue weighted by Crippen LogP contribution is -2.39. The average Bonchev–Trinajstić information content (AvgIpc) is 2.72. The minimum absolute atomic E-state index is 0.374. The van der Waals surface area contributed by atoms with Crippen LogP contribution in [-0.4, -0.2) is 37.3 Å². The Morgan fingerprint density at radius 3 is 3.31 bits per heavy atom. The second kappa shape index (κ2) is 6.30. The second-order valence-corrected chi connectivity index (χ2v) is 5.08. The summed E-state index contributed by atoms with van der Waals surface area (Å²) in [5.41, 5.74) is 1.14. The zero-order chi connectivity index (χ0) is 11.2. The molecule has 0 amide bonds. The Morgan fingerprint density at radius 1 is 1.69 bits per heavy atom. The van der Waals surface area contributed by atoms with Crippen LogP contribution >= 0.6 is 11.3 Å². The second-order valence-electron chi connectivity index (χ2n) is 4.02. The number of ether oxygens (including phenoxy) is 1. The maximum Gasteiger partial charge on any atom is 0.0897 e. The van der Waals surface area contributed by atoms with Gasteiger partial charge in [0.1, 0.15) is 0 Å². The van der Waals surface area contributed by atoms with Crippen molar-refractivity contribution in [2.45, 2.75) is 26.0 Å². The normalized spacial score (nSPS) is 21.2. The van der Waals surface area contributed by atoms with Gasteiger partial charge in [0.05, 0.1) is 23.4 Å². The van der Waals surface area contributed by atoms with Gasteiger partial charge in [-0.15, -0.1) is 11.3 Å². The van der Waals surface area contributed by atoms with Crippen molar-refractivity contribution in [1.82, 2.24) is 15.6 Å². The molecule has 2 N–H and O–H groups in total. The van der Waals surface area contributed by atoms with E-state index in [2.05, 4.69) is 21.0 Å². The predicted molar refractivity (Wildman–Crippen MR) is 65.8 cm³/mol. The van der Waals surface area contributed by atoms with Crippen molar-refractivity contribution in [3.63, 3.8) is 0 Å². The standard InChI is InChI=1S/C11H19N3OS/c1-9-14-10(8-16-9)6-12-3-2-11-7-13-4-5-15-11/h8,11-13H,2-7H2,1H3. The number of aryl methyl sites for hydroxylation is 1. The van der Waals surface area contributed by atoms with Gasteiger partial charge in [0, 0.05) is 25.0 Å². The molecule has 2 rings (SSSR count). The van der Waals surface area contributed by atoms with Crippen LogP contribution in [0.2, 0.25) is 0 Å². The molecular formula is C11H19N3OS. The lowest BCUT2D eigenvalue weighted by molar-refractivity contribution is 0.0238. The smallest absolute Gasteiger partial charge is 0.0897 e. The van der Waals surface area contributed by atoms with Crippen LogP contribution in [0.5, 0.6) is 0 Å². The first-order chi connectivity index (χ1) is 7.84. The van der Waals surface area contributed by atoms with E-state index in [0.29, 0.717) is 6.10 Å². The van der Waals surface area contributed by atoms with Gasteiger partial charge < -0.3 is 15.4 Å². The SMILES string of the molecule is Cc1nc(CNCCC2CNCCO2)cs1. The maximum absolute atomic E-state index is 5.62. The van der Waals surface area contributed by atoms with Gasteiger partial charge in [-0.25, -0.2) is 4.98 Å². The quantitative estimate of drug-likeness (QED) is 0.753. The molecule has 90 valence electrons. The third-order valence-corrected chi connectivity index (χ3v) is 3.44. The molecule has 1 unspecified atom stereocenters. The minimum Gasteiger partial charge on any atom is -0.376 e. The summed E-state index contributed by atoms with van der Waals surface area (Å²) in [4.78, 5) is 4.41. The van der Waals surface area contributed by atoms with Crippen LogP contribution in [0.1, 0.15) is 17.1 Å². The summed E-state index contributed by atoms with van der Waals surface area (Å²) >= 11 is 1.70. The first-order valence-electron chi connectivity index (χ1n) is 5.78. The van der Waals surface area contributed by atoms with E-state index < -0.39 is 0 Å². The summed E-state index contributed by atoms with van der Waals surface area (Å²) in [6.45, 7) is 6.71. The van der Waals surface area contributed by atoms with Gasteiger partial charge in [0.25, 0.3) is 0 Å². The highest BCUT2D eigenvalue weighted by Crippen LogP contribution is 2.07. The number of rotatable bonds is 5. The molecule has 1 saturated heterocycles. The molecule has 1 aromatic heterocycles. The summed E-state index contributed by atoms with van der Waals surface area (Å²) in [5, 5.41) is 9.98. The number of aromatic nitrogens is 1. The largest absolute Gasteiger partial charge is 0.376 e. The highest BCUT2D eigenvalue weighted by atomic mass is 32.1. The fourth-order valence-corrected chi connectivity index (χ4v) is 2.39. The highest BCUT2D eigenvalue weighted by molar-refractivity contribution is 7.09. The van der Waals surface area contributed by atoms with Crippen molar-refractivity contribution in [1.29, 1.82) is 0 Å². The molecule has 1 aromatic rings. The van der Waals surface area contributed by atoms with Crippen molar-refractivity contribution in [3.8, 4) is 0 Å². The number of nitrogens with one attached hydrogen (secondary N) is 2. The molecule has 0 saturated carbocycles. The van der Waals surface area contributed by atoms with E-state index >= 15 is 0 Å². The van der Waals surface area contributed by atoms with Gasteiger partial charge in [-0.2, -0.15) is 0 Å². The Kier molecular flexibility index (Phi) is 4.71. The Bertz CT molecular complexity index is 310. The lowest BCUT2D eigenvalue weighted by atomic mass is 10.2. The number of thiazole rings is 1. The first kappa shape index (κ1) is 12.0. The Labute approximate surface area is 100 Å². The number of hydrogen-bond acceptors (Lipinski definition) is 5. The topological polar surface area (TPSA) is 46.2 Å². The molecule has 2 heterocycles. The van der Waals surface area contributed by atoms with Crippen LogP contribution < -0.4 is 10.6 Å². The van der Waals surface area contributed by atoms with Gasteiger partial charge in [-0.3, -0.25) is 0 Å². The van der Waals surface area contributed by atoms with E-state index in [-0.39, 0.29) is 0 Å². The summed E-state index contributed by atoms with van der Waals surface area (Å²) in [5.74, 6) is 0. The molecule has 0 radical (unpaired) electrons. The molecular weight excluding hydrogens is 222 g/mol. The first-order valence-corrected chi connectivity index (χ1v) is 6.66. The summed E-state index contributed by atoms with van der Waals surface area (Å²) in [7, 11) is 0. The molecule has 16 heavy (non-hydrogen) atoms. The monoisotopic (exact) mass is 241 g/mol. The fraction of sp³-hybridized carbons (Fsp3) is 0.727. The van der Waals surface area contributed by atoms with Crippen LogP contribution in [0.15, 0.2) is 5.38 Å². The van der Waals surface area contributed by atoms with Crippen molar-refractivity contribution < 1.29 is 4.74 Å². The molecule has 1 atom stereocenters. The van der Waals surface area contributed by atoms with Gasteiger partial charge in [0.15, 0.2) is 0 Å². The third-order valence-electron chi connectivity index (χ3n) is 2.62.